The number of nitrogens with one attached hydrogen (secondary N) is 1. The fourth-order valence-electron chi connectivity index (χ4n) is 2.26. The van der Waals surface area contributed by atoms with Crippen LogP contribution < -0.4 is 5.32 Å². The molecule has 82 valence electrons. The molecule has 1 saturated carbocycles. The SMILES string of the molecule is CC1CCC(NCc2ccc(Cl)cc2)C1. The van der Waals surface area contributed by atoms with Crippen LogP contribution in [0, 0.1) is 5.92 Å². The van der Waals surface area contributed by atoms with E-state index in [0.717, 1.165) is 23.5 Å². The van der Waals surface area contributed by atoms with E-state index in [0.29, 0.717) is 0 Å². The number of benzene rings is 1. The smallest absolute Gasteiger partial charge is 0.0406 e. The third-order valence-electron chi connectivity index (χ3n) is 3.20. The molecule has 2 heteroatoms. The van der Waals surface area contributed by atoms with Crippen molar-refractivity contribution in [2.75, 3.05) is 0 Å². The van der Waals surface area contributed by atoms with Crippen LogP contribution in [0.15, 0.2) is 24.3 Å². The highest BCUT2D eigenvalue weighted by Gasteiger charge is 2.20. The molecule has 0 spiro atoms. The lowest BCUT2D eigenvalue weighted by atomic mass is 10.1. The first-order valence-corrected chi connectivity index (χ1v) is 6.09. The van der Waals surface area contributed by atoms with Crippen LogP contribution in [0.4, 0.5) is 0 Å². The maximum atomic E-state index is 5.84. The Balaban J connectivity index is 1.80. The minimum atomic E-state index is 0.718. The molecule has 0 saturated heterocycles. The molecule has 0 aliphatic heterocycles. The average molecular weight is 224 g/mol. The van der Waals surface area contributed by atoms with Gasteiger partial charge in [0.15, 0.2) is 0 Å². The standard InChI is InChI=1S/C13H18ClN/c1-10-2-7-13(8-10)15-9-11-3-5-12(14)6-4-11/h3-6,10,13,15H,2,7-9H2,1H3. The first-order chi connectivity index (χ1) is 7.24. The summed E-state index contributed by atoms with van der Waals surface area (Å²) in [5.41, 5.74) is 1.32. The van der Waals surface area contributed by atoms with Crippen molar-refractivity contribution in [2.24, 2.45) is 5.92 Å². The number of hydrogen-bond donors (Lipinski definition) is 1. The molecule has 1 aliphatic rings. The first kappa shape index (κ1) is 11.0. The van der Waals surface area contributed by atoms with E-state index in [1.54, 1.807) is 0 Å². The van der Waals surface area contributed by atoms with Gasteiger partial charge in [-0.3, -0.25) is 0 Å². The second-order valence-corrected chi connectivity index (χ2v) is 5.06. The number of hydrogen-bond acceptors (Lipinski definition) is 1. The first-order valence-electron chi connectivity index (χ1n) is 5.72. The van der Waals surface area contributed by atoms with Gasteiger partial charge in [-0.1, -0.05) is 30.7 Å². The molecule has 1 aromatic rings. The minimum absolute atomic E-state index is 0.718. The monoisotopic (exact) mass is 223 g/mol. The molecule has 1 nitrogen and oxygen atoms in total. The summed E-state index contributed by atoms with van der Waals surface area (Å²) in [6.45, 7) is 3.30. The van der Waals surface area contributed by atoms with Gasteiger partial charge in [0, 0.05) is 17.6 Å². The van der Waals surface area contributed by atoms with E-state index in [-0.39, 0.29) is 0 Å². The molecule has 1 fully saturated rings. The van der Waals surface area contributed by atoms with E-state index >= 15 is 0 Å². The molecule has 1 aliphatic carbocycles. The molecule has 0 heterocycles. The summed E-state index contributed by atoms with van der Waals surface area (Å²) in [7, 11) is 0. The predicted molar refractivity (Wildman–Crippen MR) is 65.1 cm³/mol. The summed E-state index contributed by atoms with van der Waals surface area (Å²) < 4.78 is 0. The molecular weight excluding hydrogens is 206 g/mol. The molecule has 2 rings (SSSR count). The molecular formula is C13H18ClN. The maximum Gasteiger partial charge on any atom is 0.0406 e. The topological polar surface area (TPSA) is 12.0 Å². The molecule has 2 atom stereocenters. The summed E-state index contributed by atoms with van der Waals surface area (Å²) >= 11 is 5.84. The van der Waals surface area contributed by atoms with Crippen molar-refractivity contribution < 1.29 is 0 Å². The summed E-state index contributed by atoms with van der Waals surface area (Å²) in [5.74, 6) is 0.896. The Kier molecular flexibility index (Phi) is 3.66. The molecule has 0 radical (unpaired) electrons. The van der Waals surface area contributed by atoms with Crippen molar-refractivity contribution in [3.8, 4) is 0 Å². The average Bonchev–Trinajstić information content (AvgIpc) is 2.64. The highest BCUT2D eigenvalue weighted by atomic mass is 35.5. The van der Waals surface area contributed by atoms with Gasteiger partial charge in [0.2, 0.25) is 0 Å². The van der Waals surface area contributed by atoms with Crippen molar-refractivity contribution in [1.82, 2.24) is 5.32 Å². The van der Waals surface area contributed by atoms with E-state index in [1.807, 2.05) is 12.1 Å². The fourth-order valence-corrected chi connectivity index (χ4v) is 2.38. The van der Waals surface area contributed by atoms with Gasteiger partial charge in [-0.05, 0) is 42.9 Å². The Bertz CT molecular complexity index is 307. The second-order valence-electron chi connectivity index (χ2n) is 4.62. The molecule has 1 N–H and O–H groups in total. The van der Waals surface area contributed by atoms with Gasteiger partial charge in [0.25, 0.3) is 0 Å². The Hall–Kier alpha value is -0.530. The van der Waals surface area contributed by atoms with Crippen LogP contribution in [0.2, 0.25) is 5.02 Å². The van der Waals surface area contributed by atoms with Gasteiger partial charge >= 0.3 is 0 Å². The van der Waals surface area contributed by atoms with Crippen LogP contribution in [-0.2, 0) is 6.54 Å². The molecule has 1 aromatic carbocycles. The fraction of sp³-hybridized carbons (Fsp3) is 0.538. The third kappa shape index (κ3) is 3.22. The molecule has 2 unspecified atom stereocenters. The van der Waals surface area contributed by atoms with Crippen molar-refractivity contribution in [2.45, 2.75) is 38.8 Å². The van der Waals surface area contributed by atoms with Gasteiger partial charge in [0.1, 0.15) is 0 Å². The normalized spacial score (nSPS) is 25.7. The number of rotatable bonds is 3. The molecule has 0 bridgehead atoms. The van der Waals surface area contributed by atoms with E-state index in [1.165, 1.54) is 24.8 Å². The lowest BCUT2D eigenvalue weighted by Gasteiger charge is -2.12. The van der Waals surface area contributed by atoms with Crippen LogP contribution in [0.25, 0.3) is 0 Å². The largest absolute Gasteiger partial charge is 0.310 e. The van der Waals surface area contributed by atoms with Crippen molar-refractivity contribution in [3.05, 3.63) is 34.9 Å². The highest BCUT2D eigenvalue weighted by Crippen LogP contribution is 2.24. The van der Waals surface area contributed by atoms with Gasteiger partial charge in [0.05, 0.1) is 0 Å². The lowest BCUT2D eigenvalue weighted by molar-refractivity contribution is 0.502. The molecule has 0 aromatic heterocycles. The van der Waals surface area contributed by atoms with Gasteiger partial charge < -0.3 is 5.32 Å². The van der Waals surface area contributed by atoms with E-state index in [2.05, 4.69) is 24.4 Å². The second kappa shape index (κ2) is 5.00. The zero-order valence-corrected chi connectivity index (χ0v) is 9.93. The highest BCUT2D eigenvalue weighted by molar-refractivity contribution is 6.30. The maximum absolute atomic E-state index is 5.84. The Morgan fingerprint density at radius 3 is 2.60 bits per heavy atom. The lowest BCUT2D eigenvalue weighted by Crippen LogP contribution is -2.25. The summed E-state index contributed by atoms with van der Waals surface area (Å²) in [5, 5.41) is 4.42. The Morgan fingerprint density at radius 1 is 1.27 bits per heavy atom. The Morgan fingerprint density at radius 2 is 2.00 bits per heavy atom. The summed E-state index contributed by atoms with van der Waals surface area (Å²) in [6.07, 6.45) is 4.03. The van der Waals surface area contributed by atoms with Crippen LogP contribution in [0.1, 0.15) is 31.7 Å². The van der Waals surface area contributed by atoms with E-state index < -0.39 is 0 Å². The van der Waals surface area contributed by atoms with Crippen LogP contribution in [0.5, 0.6) is 0 Å². The Labute approximate surface area is 96.8 Å². The van der Waals surface area contributed by atoms with Crippen molar-refractivity contribution in [1.29, 1.82) is 0 Å². The third-order valence-corrected chi connectivity index (χ3v) is 3.45. The van der Waals surface area contributed by atoms with Gasteiger partial charge in [-0.2, -0.15) is 0 Å². The quantitative estimate of drug-likeness (QED) is 0.826. The zero-order valence-electron chi connectivity index (χ0n) is 9.17. The van der Waals surface area contributed by atoms with Crippen LogP contribution in [0.3, 0.4) is 0 Å². The summed E-state index contributed by atoms with van der Waals surface area (Å²) in [6, 6.07) is 8.81. The minimum Gasteiger partial charge on any atom is -0.310 e. The van der Waals surface area contributed by atoms with Crippen molar-refractivity contribution >= 4 is 11.6 Å². The van der Waals surface area contributed by atoms with Gasteiger partial charge in [-0.15, -0.1) is 0 Å². The van der Waals surface area contributed by atoms with Crippen molar-refractivity contribution in [3.63, 3.8) is 0 Å². The van der Waals surface area contributed by atoms with Gasteiger partial charge in [-0.25, -0.2) is 0 Å². The predicted octanol–water partition coefficient (Wildman–Crippen LogP) is 3.62. The number of halogens is 1. The van der Waals surface area contributed by atoms with Crippen LogP contribution in [-0.4, -0.2) is 6.04 Å². The van der Waals surface area contributed by atoms with Crippen LogP contribution >= 0.6 is 11.6 Å². The zero-order chi connectivity index (χ0) is 10.7. The molecule has 15 heavy (non-hydrogen) atoms. The molecule has 0 amide bonds. The van der Waals surface area contributed by atoms with E-state index in [4.69, 9.17) is 11.6 Å². The van der Waals surface area contributed by atoms with E-state index in [9.17, 15) is 0 Å². The summed E-state index contributed by atoms with van der Waals surface area (Å²) in [4.78, 5) is 0.